The van der Waals surface area contributed by atoms with Gasteiger partial charge in [0.1, 0.15) is 0 Å². The Morgan fingerprint density at radius 1 is 1.14 bits per heavy atom. The molecule has 0 saturated carbocycles. The lowest BCUT2D eigenvalue weighted by Gasteiger charge is -2.22. The minimum absolute atomic E-state index is 0.0965. The summed E-state index contributed by atoms with van der Waals surface area (Å²) >= 11 is 0. The predicted molar refractivity (Wildman–Crippen MR) is 81.3 cm³/mol. The third-order valence-corrected chi connectivity index (χ3v) is 3.91. The fourth-order valence-corrected chi connectivity index (χ4v) is 2.96. The number of methoxy groups -OCH3 is 1. The number of hydrogen-bond acceptors (Lipinski definition) is 4. The van der Waals surface area contributed by atoms with Crippen LogP contribution in [0.25, 0.3) is 21.9 Å². The van der Waals surface area contributed by atoms with Crippen LogP contribution in [0.4, 0.5) is 0 Å². The van der Waals surface area contributed by atoms with E-state index < -0.39 is 0 Å². The highest BCUT2D eigenvalue weighted by molar-refractivity contribution is 6.26. The van der Waals surface area contributed by atoms with Crippen molar-refractivity contribution in [3.05, 3.63) is 53.9 Å². The normalized spacial score (nSPS) is 12.3. The zero-order valence-corrected chi connectivity index (χ0v) is 11.3. The van der Waals surface area contributed by atoms with Crippen LogP contribution in [0.1, 0.15) is 11.3 Å². The van der Waals surface area contributed by atoms with Gasteiger partial charge in [0.2, 0.25) is 0 Å². The molecule has 4 nitrogen and oxygen atoms in total. The Kier molecular flexibility index (Phi) is 2.30. The van der Waals surface area contributed by atoms with Gasteiger partial charge in [-0.1, -0.05) is 24.3 Å². The summed E-state index contributed by atoms with van der Waals surface area (Å²) in [6.07, 6.45) is 1.68. The molecule has 0 bridgehead atoms. The molecule has 0 spiro atoms. The maximum absolute atomic E-state index is 10.6. The molecule has 4 rings (SSSR count). The topological polar surface area (TPSA) is 66.2 Å². The summed E-state index contributed by atoms with van der Waals surface area (Å²) in [5, 5.41) is 20.6. The number of phenolic OH excluding ortho intramolecular Hbond substituents is 1. The van der Waals surface area contributed by atoms with Crippen molar-refractivity contribution in [2.24, 2.45) is 0 Å². The quantitative estimate of drug-likeness (QED) is 0.560. The number of nitrogens with one attached hydrogen (secondary N) is 1. The van der Waals surface area contributed by atoms with E-state index in [0.29, 0.717) is 22.7 Å². The van der Waals surface area contributed by atoms with Gasteiger partial charge < -0.3 is 9.84 Å². The van der Waals surface area contributed by atoms with Crippen LogP contribution in [-0.2, 0) is 0 Å². The minimum Gasteiger partial charge on any atom is -0.504 e. The lowest BCUT2D eigenvalue weighted by molar-refractivity contribution is 0.375. The smallest absolute Gasteiger partial charge is 0.166 e. The van der Waals surface area contributed by atoms with Gasteiger partial charge in [0.25, 0.3) is 0 Å². The van der Waals surface area contributed by atoms with Gasteiger partial charge in [-0.2, -0.15) is 0 Å². The average Bonchev–Trinajstić information content (AvgIpc) is 2.53. The molecule has 1 heterocycles. The first kappa shape index (κ1) is 11.9. The molecule has 1 aromatic heterocycles. The van der Waals surface area contributed by atoms with Crippen LogP contribution in [0.5, 0.6) is 11.5 Å². The van der Waals surface area contributed by atoms with Gasteiger partial charge in [-0.3, -0.25) is 10.4 Å². The number of benzene rings is 2. The standard InChI is InChI=1S/C17H12N2O2/c1-21-12-8-9-6-7-19-16-13(9)14(17(12)20)10-4-2-3-5-11(10)15(16)18/h2-8,18,20H,1H3. The molecule has 1 aliphatic rings. The van der Waals surface area contributed by atoms with E-state index in [-0.39, 0.29) is 5.75 Å². The van der Waals surface area contributed by atoms with E-state index in [1.807, 2.05) is 30.3 Å². The van der Waals surface area contributed by atoms with Crippen molar-refractivity contribution >= 4 is 16.5 Å². The van der Waals surface area contributed by atoms with E-state index in [0.717, 1.165) is 21.9 Å². The number of ether oxygens (including phenoxy) is 1. The number of phenols is 1. The lowest BCUT2D eigenvalue weighted by Crippen LogP contribution is -2.12. The first-order valence-corrected chi connectivity index (χ1v) is 6.59. The van der Waals surface area contributed by atoms with E-state index in [1.54, 1.807) is 12.3 Å². The number of aromatic hydroxyl groups is 1. The molecule has 0 amide bonds. The zero-order chi connectivity index (χ0) is 14.6. The second-order valence-electron chi connectivity index (χ2n) is 4.98. The first-order chi connectivity index (χ1) is 10.2. The van der Waals surface area contributed by atoms with Crippen LogP contribution in [0.3, 0.4) is 0 Å². The molecule has 1 aliphatic carbocycles. The van der Waals surface area contributed by atoms with E-state index in [4.69, 9.17) is 10.1 Å². The van der Waals surface area contributed by atoms with Crippen LogP contribution < -0.4 is 4.74 Å². The molecule has 2 N–H and O–H groups in total. The molecule has 21 heavy (non-hydrogen) atoms. The number of aromatic nitrogens is 1. The molecule has 4 heteroatoms. The molecule has 0 fully saturated rings. The summed E-state index contributed by atoms with van der Waals surface area (Å²) in [4.78, 5) is 4.34. The monoisotopic (exact) mass is 276 g/mol. The van der Waals surface area contributed by atoms with Crippen molar-refractivity contribution in [2.75, 3.05) is 7.11 Å². The summed E-state index contributed by atoms with van der Waals surface area (Å²) in [5.41, 5.74) is 3.28. The Morgan fingerprint density at radius 3 is 2.67 bits per heavy atom. The molecule has 0 unspecified atom stereocenters. The molecule has 0 atom stereocenters. The molecular weight excluding hydrogens is 264 g/mol. The largest absolute Gasteiger partial charge is 0.504 e. The third-order valence-electron chi connectivity index (χ3n) is 3.91. The maximum atomic E-state index is 10.6. The molecule has 2 aromatic carbocycles. The molecule has 3 aromatic rings. The second-order valence-corrected chi connectivity index (χ2v) is 4.98. The minimum atomic E-state index is 0.0965. The number of rotatable bonds is 1. The highest BCUT2D eigenvalue weighted by Crippen LogP contribution is 2.47. The summed E-state index contributed by atoms with van der Waals surface area (Å²) in [5.74, 6) is 0.525. The summed E-state index contributed by atoms with van der Waals surface area (Å²) in [6.45, 7) is 0. The van der Waals surface area contributed by atoms with Crippen molar-refractivity contribution < 1.29 is 9.84 Å². The molecular formula is C17H12N2O2. The Morgan fingerprint density at radius 2 is 1.90 bits per heavy atom. The molecule has 0 radical (unpaired) electrons. The van der Waals surface area contributed by atoms with Gasteiger partial charge in [-0.25, -0.2) is 0 Å². The predicted octanol–water partition coefficient (Wildman–Crippen LogP) is 3.35. The zero-order valence-electron chi connectivity index (χ0n) is 11.3. The number of hydrogen-bond donors (Lipinski definition) is 2. The van der Waals surface area contributed by atoms with Crippen molar-refractivity contribution in [2.45, 2.75) is 0 Å². The van der Waals surface area contributed by atoms with E-state index in [2.05, 4.69) is 4.98 Å². The Hall–Kier alpha value is -2.88. The lowest BCUT2D eigenvalue weighted by atomic mass is 9.84. The van der Waals surface area contributed by atoms with Gasteiger partial charge in [0.05, 0.1) is 18.5 Å². The van der Waals surface area contributed by atoms with Crippen molar-refractivity contribution in [1.82, 2.24) is 4.98 Å². The highest BCUT2D eigenvalue weighted by Gasteiger charge is 2.27. The van der Waals surface area contributed by atoms with Gasteiger partial charge in [-0.05, 0) is 23.1 Å². The van der Waals surface area contributed by atoms with Crippen LogP contribution in [-0.4, -0.2) is 22.9 Å². The Bertz CT molecular complexity index is 916. The van der Waals surface area contributed by atoms with Crippen LogP contribution in [0.15, 0.2) is 42.6 Å². The Balaban J connectivity index is 2.28. The molecule has 102 valence electrons. The SMILES string of the molecule is COc1cc2ccnc3c2c(c1O)-c1ccccc1C3=N. The van der Waals surface area contributed by atoms with E-state index in [1.165, 1.54) is 7.11 Å². The van der Waals surface area contributed by atoms with Crippen molar-refractivity contribution in [3.63, 3.8) is 0 Å². The van der Waals surface area contributed by atoms with E-state index >= 15 is 0 Å². The molecule has 0 aliphatic heterocycles. The van der Waals surface area contributed by atoms with Crippen molar-refractivity contribution in [1.29, 1.82) is 5.41 Å². The summed E-state index contributed by atoms with van der Waals surface area (Å²) in [7, 11) is 1.53. The molecule has 0 saturated heterocycles. The summed E-state index contributed by atoms with van der Waals surface area (Å²) in [6, 6.07) is 11.2. The van der Waals surface area contributed by atoms with E-state index in [9.17, 15) is 5.11 Å². The maximum Gasteiger partial charge on any atom is 0.166 e. The van der Waals surface area contributed by atoms with Crippen LogP contribution in [0.2, 0.25) is 0 Å². The highest BCUT2D eigenvalue weighted by atomic mass is 16.5. The van der Waals surface area contributed by atoms with Crippen LogP contribution in [0, 0.1) is 5.41 Å². The summed E-state index contributed by atoms with van der Waals surface area (Å²) < 4.78 is 5.28. The first-order valence-electron chi connectivity index (χ1n) is 6.59. The fraction of sp³-hybridized carbons (Fsp3) is 0.0588. The van der Waals surface area contributed by atoms with Crippen LogP contribution >= 0.6 is 0 Å². The number of nitrogens with zero attached hydrogens (tertiary/aromatic N) is 1. The second kappa shape index (κ2) is 4.06. The van der Waals surface area contributed by atoms with Gasteiger partial charge in [0.15, 0.2) is 11.5 Å². The number of fused-ring (bicyclic) bond motifs is 2. The third kappa shape index (κ3) is 1.44. The fourth-order valence-electron chi connectivity index (χ4n) is 2.96. The average molecular weight is 276 g/mol. The number of pyridine rings is 1. The van der Waals surface area contributed by atoms with Gasteiger partial charge in [-0.15, -0.1) is 0 Å². The van der Waals surface area contributed by atoms with Crippen molar-refractivity contribution in [3.8, 4) is 22.6 Å². The van der Waals surface area contributed by atoms with Gasteiger partial charge >= 0.3 is 0 Å². The Labute approximate surface area is 121 Å². The van der Waals surface area contributed by atoms with Gasteiger partial charge in [0, 0.05) is 22.7 Å².